The van der Waals surface area contributed by atoms with E-state index >= 15 is 0 Å². The van der Waals surface area contributed by atoms with Gasteiger partial charge in [-0.25, -0.2) is 0 Å². The van der Waals surface area contributed by atoms with Crippen LogP contribution in [0.4, 0.5) is 0 Å². The summed E-state index contributed by atoms with van der Waals surface area (Å²) in [5.41, 5.74) is 0. The van der Waals surface area contributed by atoms with Crippen molar-refractivity contribution in [1.29, 1.82) is 0 Å². The van der Waals surface area contributed by atoms with Crippen LogP contribution in [0.1, 0.15) is 42.7 Å². The smallest absolute Gasteiger partial charge is 0.289 e. The Kier molecular flexibility index (Phi) is 4.20. The Bertz CT molecular complexity index is 342. The number of carbonyl (C=O) groups excluding carboxylic acids is 1. The number of hydrogen-bond acceptors (Lipinski definition) is 3. The Morgan fingerprint density at radius 3 is 2.76 bits per heavy atom. The molecule has 1 N–H and O–H groups in total. The lowest BCUT2D eigenvalue weighted by molar-refractivity contribution is 0.0554. The normalized spacial score (nSPS) is 17.0. The second-order valence-corrected chi connectivity index (χ2v) is 4.49. The van der Waals surface area contributed by atoms with E-state index < -0.39 is 0 Å². The van der Waals surface area contributed by atoms with E-state index in [2.05, 4.69) is 0 Å². The van der Waals surface area contributed by atoms with Crippen LogP contribution in [0.15, 0.2) is 22.8 Å². The molecule has 1 aromatic rings. The summed E-state index contributed by atoms with van der Waals surface area (Å²) in [6.07, 6.45) is 7.15. The van der Waals surface area contributed by atoms with E-state index in [0.717, 1.165) is 25.7 Å². The Morgan fingerprint density at radius 1 is 1.41 bits per heavy atom. The Morgan fingerprint density at radius 2 is 2.18 bits per heavy atom. The van der Waals surface area contributed by atoms with Crippen molar-refractivity contribution in [2.75, 3.05) is 13.2 Å². The quantitative estimate of drug-likeness (QED) is 0.872. The predicted molar refractivity (Wildman–Crippen MR) is 63.7 cm³/mol. The largest absolute Gasteiger partial charge is 0.459 e. The molecule has 0 aromatic carbocycles. The predicted octanol–water partition coefficient (Wildman–Crippen LogP) is 2.05. The van der Waals surface area contributed by atoms with Crippen molar-refractivity contribution in [2.45, 2.75) is 38.1 Å². The van der Waals surface area contributed by atoms with Crippen LogP contribution in [-0.4, -0.2) is 35.1 Å². The van der Waals surface area contributed by atoms with Gasteiger partial charge in [0.05, 0.1) is 12.9 Å². The first-order valence-electron chi connectivity index (χ1n) is 6.28. The lowest BCUT2D eigenvalue weighted by Crippen LogP contribution is -2.43. The van der Waals surface area contributed by atoms with Gasteiger partial charge in [0.25, 0.3) is 5.91 Å². The van der Waals surface area contributed by atoms with Crippen molar-refractivity contribution in [3.05, 3.63) is 24.2 Å². The molecule has 1 saturated carbocycles. The summed E-state index contributed by atoms with van der Waals surface area (Å²) in [6.45, 7) is 0.396. The topological polar surface area (TPSA) is 53.7 Å². The van der Waals surface area contributed by atoms with Gasteiger partial charge in [0.1, 0.15) is 0 Å². The van der Waals surface area contributed by atoms with Crippen LogP contribution < -0.4 is 0 Å². The minimum absolute atomic E-state index is 0.00293. The van der Waals surface area contributed by atoms with Crippen molar-refractivity contribution in [1.82, 2.24) is 4.90 Å². The molecule has 1 heterocycles. The summed E-state index contributed by atoms with van der Waals surface area (Å²) in [4.78, 5) is 14.0. The maximum absolute atomic E-state index is 12.2. The number of nitrogens with zero attached hydrogens (tertiary/aromatic N) is 1. The highest BCUT2D eigenvalue weighted by Gasteiger charge is 2.26. The molecule has 1 amide bonds. The van der Waals surface area contributed by atoms with Crippen LogP contribution in [0.2, 0.25) is 0 Å². The van der Waals surface area contributed by atoms with Crippen molar-refractivity contribution < 1.29 is 14.3 Å². The Hall–Kier alpha value is -1.29. The molecule has 1 aliphatic rings. The third-order valence-corrected chi connectivity index (χ3v) is 3.35. The molecule has 4 nitrogen and oxygen atoms in total. The molecule has 1 aliphatic carbocycles. The van der Waals surface area contributed by atoms with Gasteiger partial charge in [-0.1, -0.05) is 19.3 Å². The zero-order valence-electron chi connectivity index (χ0n) is 9.97. The average molecular weight is 237 g/mol. The van der Waals surface area contributed by atoms with Crippen molar-refractivity contribution >= 4 is 5.91 Å². The van der Waals surface area contributed by atoms with Gasteiger partial charge in [-0.2, -0.15) is 0 Å². The summed E-state index contributed by atoms with van der Waals surface area (Å²) in [6, 6.07) is 3.65. The molecule has 0 aliphatic heterocycles. The zero-order valence-corrected chi connectivity index (χ0v) is 9.97. The van der Waals surface area contributed by atoms with Crippen molar-refractivity contribution in [3.8, 4) is 0 Å². The van der Waals surface area contributed by atoms with Crippen LogP contribution >= 0.6 is 0 Å². The standard InChI is InChI=1S/C13H19NO3/c15-9-8-14(11-5-2-1-3-6-11)13(16)12-7-4-10-17-12/h4,7,10-11,15H,1-3,5-6,8-9H2. The maximum Gasteiger partial charge on any atom is 0.289 e. The fourth-order valence-electron chi connectivity index (χ4n) is 2.49. The van der Waals surface area contributed by atoms with E-state index in [0.29, 0.717) is 12.3 Å². The van der Waals surface area contributed by atoms with Gasteiger partial charge in [-0.05, 0) is 25.0 Å². The fraction of sp³-hybridized carbons (Fsp3) is 0.615. The van der Waals surface area contributed by atoms with E-state index in [1.54, 1.807) is 17.0 Å². The molecule has 0 radical (unpaired) electrons. The summed E-state index contributed by atoms with van der Waals surface area (Å²) < 4.78 is 5.14. The number of amides is 1. The van der Waals surface area contributed by atoms with Gasteiger partial charge in [-0.3, -0.25) is 4.79 Å². The van der Waals surface area contributed by atoms with E-state index in [1.807, 2.05) is 0 Å². The first-order valence-corrected chi connectivity index (χ1v) is 6.28. The van der Waals surface area contributed by atoms with Crippen LogP contribution in [0.25, 0.3) is 0 Å². The summed E-state index contributed by atoms with van der Waals surface area (Å²) in [5, 5.41) is 9.09. The third kappa shape index (κ3) is 2.88. The number of aliphatic hydroxyl groups excluding tert-OH is 1. The van der Waals surface area contributed by atoms with Gasteiger partial charge >= 0.3 is 0 Å². The van der Waals surface area contributed by atoms with E-state index in [1.165, 1.54) is 12.7 Å². The van der Waals surface area contributed by atoms with Crippen molar-refractivity contribution in [2.24, 2.45) is 0 Å². The first kappa shape index (κ1) is 12.2. The summed E-state index contributed by atoms with van der Waals surface area (Å²) in [7, 11) is 0. The van der Waals surface area contributed by atoms with Crippen LogP contribution in [-0.2, 0) is 0 Å². The lowest BCUT2D eigenvalue weighted by Gasteiger charge is -2.33. The molecule has 0 saturated heterocycles. The molecule has 2 rings (SSSR count). The van der Waals surface area contributed by atoms with Crippen LogP contribution in [0, 0.1) is 0 Å². The minimum Gasteiger partial charge on any atom is -0.459 e. The van der Waals surface area contributed by atoms with Gasteiger partial charge in [0.2, 0.25) is 0 Å². The number of carbonyl (C=O) groups is 1. The van der Waals surface area contributed by atoms with Crippen LogP contribution in [0.3, 0.4) is 0 Å². The van der Waals surface area contributed by atoms with Crippen molar-refractivity contribution in [3.63, 3.8) is 0 Å². The Balaban J connectivity index is 2.07. The van der Waals surface area contributed by atoms with Gasteiger partial charge in [-0.15, -0.1) is 0 Å². The van der Waals surface area contributed by atoms with Gasteiger partial charge in [0, 0.05) is 12.6 Å². The first-order chi connectivity index (χ1) is 8.33. The average Bonchev–Trinajstić information content (AvgIpc) is 2.90. The molecular formula is C13H19NO3. The molecule has 17 heavy (non-hydrogen) atoms. The molecule has 0 unspecified atom stereocenters. The highest BCUT2D eigenvalue weighted by atomic mass is 16.3. The van der Waals surface area contributed by atoms with E-state index in [4.69, 9.17) is 9.52 Å². The second-order valence-electron chi connectivity index (χ2n) is 4.49. The van der Waals surface area contributed by atoms with E-state index in [9.17, 15) is 4.79 Å². The molecule has 0 bridgehead atoms. The molecule has 1 fully saturated rings. The van der Waals surface area contributed by atoms with Gasteiger partial charge in [0.15, 0.2) is 5.76 Å². The second kappa shape index (κ2) is 5.87. The molecular weight excluding hydrogens is 218 g/mol. The minimum atomic E-state index is -0.101. The maximum atomic E-state index is 12.2. The van der Waals surface area contributed by atoms with Gasteiger partial charge < -0.3 is 14.4 Å². The third-order valence-electron chi connectivity index (χ3n) is 3.35. The summed E-state index contributed by atoms with van der Waals surface area (Å²) >= 11 is 0. The monoisotopic (exact) mass is 237 g/mol. The highest BCUT2D eigenvalue weighted by molar-refractivity contribution is 5.91. The molecule has 1 aromatic heterocycles. The van der Waals surface area contributed by atoms with Crippen LogP contribution in [0.5, 0.6) is 0 Å². The summed E-state index contributed by atoms with van der Waals surface area (Å²) in [5.74, 6) is 0.264. The Labute approximate surface area is 101 Å². The number of hydrogen-bond donors (Lipinski definition) is 1. The number of aliphatic hydroxyl groups is 1. The molecule has 4 heteroatoms. The van der Waals surface area contributed by atoms with E-state index in [-0.39, 0.29) is 18.6 Å². The highest BCUT2D eigenvalue weighted by Crippen LogP contribution is 2.23. The molecule has 0 atom stereocenters. The number of furan rings is 1. The number of rotatable bonds is 4. The molecule has 0 spiro atoms. The fourth-order valence-corrected chi connectivity index (χ4v) is 2.49. The lowest BCUT2D eigenvalue weighted by atomic mass is 9.94. The zero-order chi connectivity index (χ0) is 12.1. The molecule has 94 valence electrons. The SMILES string of the molecule is O=C(c1ccco1)N(CCO)C1CCCCC1.